The van der Waals surface area contributed by atoms with Crippen LogP contribution >= 0.6 is 0 Å². The van der Waals surface area contributed by atoms with Gasteiger partial charge in [0, 0.05) is 0 Å². The third-order valence-electron chi connectivity index (χ3n) is 2.43. The summed E-state index contributed by atoms with van der Waals surface area (Å²) in [6.07, 6.45) is 0. The van der Waals surface area contributed by atoms with Crippen molar-refractivity contribution in [2.24, 2.45) is 0 Å². The molecule has 1 heterocycles. The SMILES string of the molecule is C1COCCO1.[CH2-]c1ccccc1.[CH2-]c1ccccc1.[Mg+2]. The number of rotatable bonds is 0. The molecule has 0 unspecified atom stereocenters. The van der Waals surface area contributed by atoms with E-state index in [1.165, 1.54) is 0 Å². The zero-order valence-electron chi connectivity index (χ0n) is 12.5. The summed E-state index contributed by atoms with van der Waals surface area (Å²) in [4.78, 5) is 0. The van der Waals surface area contributed by atoms with Crippen LogP contribution in [0.4, 0.5) is 0 Å². The maximum absolute atomic E-state index is 4.94. The van der Waals surface area contributed by atoms with E-state index < -0.39 is 0 Å². The van der Waals surface area contributed by atoms with Crippen LogP contribution in [0, 0.1) is 13.8 Å². The normalized spacial score (nSPS) is 12.6. The van der Waals surface area contributed by atoms with Crippen molar-refractivity contribution in [1.82, 2.24) is 0 Å². The van der Waals surface area contributed by atoms with Gasteiger partial charge in [0.1, 0.15) is 0 Å². The largest absolute Gasteiger partial charge is 2.00 e. The van der Waals surface area contributed by atoms with Crippen molar-refractivity contribution < 1.29 is 9.47 Å². The van der Waals surface area contributed by atoms with Gasteiger partial charge in [-0.2, -0.15) is 49.2 Å². The first-order chi connectivity index (χ1) is 9.79. The van der Waals surface area contributed by atoms with Crippen molar-refractivity contribution >= 4 is 23.1 Å². The summed E-state index contributed by atoms with van der Waals surface area (Å²) in [6.45, 7) is 10.6. The third kappa shape index (κ3) is 12.3. The monoisotopic (exact) mass is 294 g/mol. The number of ether oxygens (including phenoxy) is 2. The molecule has 0 radical (unpaired) electrons. The van der Waals surface area contributed by atoms with Gasteiger partial charge in [0.15, 0.2) is 0 Å². The van der Waals surface area contributed by atoms with Gasteiger partial charge in [-0.3, -0.25) is 0 Å². The quantitative estimate of drug-likeness (QED) is 0.548. The molecule has 0 amide bonds. The van der Waals surface area contributed by atoms with Gasteiger partial charge in [-0.15, -0.1) is 24.3 Å². The molecule has 0 aliphatic carbocycles. The molecule has 1 fully saturated rings. The maximum atomic E-state index is 4.94. The zero-order chi connectivity index (χ0) is 14.5. The standard InChI is InChI=1S/2C7H7.C4H8O2.Mg/c2*1-7-5-3-2-4-6-7;1-2-6-4-3-5-1;/h2*2-6H,1H2;1-4H2;/q2*-1;;+2. The van der Waals surface area contributed by atoms with E-state index in [1.807, 2.05) is 60.7 Å². The molecule has 0 atom stereocenters. The van der Waals surface area contributed by atoms with E-state index in [9.17, 15) is 0 Å². The van der Waals surface area contributed by atoms with Gasteiger partial charge >= 0.3 is 23.1 Å². The van der Waals surface area contributed by atoms with Crippen molar-refractivity contribution in [3.8, 4) is 0 Å². The average Bonchev–Trinajstić information content (AvgIpc) is 2.52. The first-order valence-corrected chi connectivity index (χ1v) is 6.68. The van der Waals surface area contributed by atoms with Gasteiger partial charge in [-0.1, -0.05) is 12.1 Å². The zero-order valence-corrected chi connectivity index (χ0v) is 14.0. The minimum atomic E-state index is 0. The first-order valence-electron chi connectivity index (χ1n) is 6.68. The van der Waals surface area contributed by atoms with Gasteiger partial charge in [-0.05, 0) is 0 Å². The predicted octanol–water partition coefficient (Wildman–Crippen LogP) is 3.39. The molecule has 2 aromatic rings. The summed E-state index contributed by atoms with van der Waals surface area (Å²) in [5.41, 5.74) is 2.14. The minimum absolute atomic E-state index is 0. The molecular weight excluding hydrogens is 273 g/mol. The Kier molecular flexibility index (Phi) is 13.1. The summed E-state index contributed by atoms with van der Waals surface area (Å²) in [6, 6.07) is 19.7. The van der Waals surface area contributed by atoms with Crippen molar-refractivity contribution in [3.63, 3.8) is 0 Å². The van der Waals surface area contributed by atoms with E-state index >= 15 is 0 Å². The molecule has 3 heteroatoms. The van der Waals surface area contributed by atoms with Crippen molar-refractivity contribution in [3.05, 3.63) is 85.6 Å². The number of hydrogen-bond acceptors (Lipinski definition) is 2. The Morgan fingerprint density at radius 1 is 0.571 bits per heavy atom. The second-order valence-corrected chi connectivity index (χ2v) is 4.20. The van der Waals surface area contributed by atoms with Crippen LogP contribution in [0.1, 0.15) is 11.1 Å². The van der Waals surface area contributed by atoms with Gasteiger partial charge in [0.2, 0.25) is 0 Å². The molecule has 2 nitrogen and oxygen atoms in total. The Hall–Kier alpha value is -1.13. The van der Waals surface area contributed by atoms with Crippen LogP contribution < -0.4 is 0 Å². The molecule has 0 N–H and O–H groups in total. The Morgan fingerprint density at radius 3 is 1.00 bits per heavy atom. The van der Waals surface area contributed by atoms with Crippen LogP contribution in [0.2, 0.25) is 0 Å². The maximum Gasteiger partial charge on any atom is 2.00 e. The molecule has 1 aliphatic rings. The third-order valence-corrected chi connectivity index (χ3v) is 2.43. The molecule has 0 saturated carbocycles. The van der Waals surface area contributed by atoms with Gasteiger partial charge < -0.3 is 9.47 Å². The fourth-order valence-corrected chi connectivity index (χ4v) is 1.40. The van der Waals surface area contributed by atoms with Crippen LogP contribution in [-0.4, -0.2) is 49.5 Å². The Bertz CT molecular complexity index is 378. The van der Waals surface area contributed by atoms with E-state index in [4.69, 9.17) is 9.47 Å². The fourth-order valence-electron chi connectivity index (χ4n) is 1.40. The van der Waals surface area contributed by atoms with Crippen LogP contribution in [0.15, 0.2) is 60.7 Å². The van der Waals surface area contributed by atoms with Gasteiger partial charge in [0.25, 0.3) is 0 Å². The Labute approximate surface area is 144 Å². The smallest absolute Gasteiger partial charge is 0.377 e. The number of hydrogen-bond donors (Lipinski definition) is 0. The fraction of sp³-hybridized carbons (Fsp3) is 0.222. The van der Waals surface area contributed by atoms with Crippen molar-refractivity contribution in [1.29, 1.82) is 0 Å². The molecule has 2 aromatic carbocycles. The molecule has 1 saturated heterocycles. The summed E-state index contributed by atoms with van der Waals surface area (Å²) in [5, 5.41) is 0. The van der Waals surface area contributed by atoms with E-state index in [0.717, 1.165) is 37.6 Å². The van der Waals surface area contributed by atoms with Crippen LogP contribution in [-0.2, 0) is 9.47 Å². The van der Waals surface area contributed by atoms with E-state index in [0.29, 0.717) is 0 Å². The molecular formula is C18H22MgO2. The summed E-state index contributed by atoms with van der Waals surface area (Å²) >= 11 is 0. The average molecular weight is 295 g/mol. The number of benzene rings is 2. The second-order valence-electron chi connectivity index (χ2n) is 4.20. The molecule has 3 rings (SSSR count). The second kappa shape index (κ2) is 13.8. The molecule has 0 bridgehead atoms. The van der Waals surface area contributed by atoms with E-state index in [2.05, 4.69) is 13.8 Å². The predicted molar refractivity (Wildman–Crippen MR) is 89.2 cm³/mol. The van der Waals surface area contributed by atoms with Crippen LogP contribution in [0.5, 0.6) is 0 Å². The summed E-state index contributed by atoms with van der Waals surface area (Å²) in [5.74, 6) is 0. The molecule has 0 spiro atoms. The minimum Gasteiger partial charge on any atom is -0.377 e. The topological polar surface area (TPSA) is 18.5 Å². The Balaban J connectivity index is 0.000000280. The van der Waals surface area contributed by atoms with E-state index in [-0.39, 0.29) is 23.1 Å². The molecule has 108 valence electrons. The van der Waals surface area contributed by atoms with Gasteiger partial charge in [0.05, 0.1) is 26.4 Å². The molecule has 1 aliphatic heterocycles. The summed E-state index contributed by atoms with van der Waals surface area (Å²) < 4.78 is 9.89. The first kappa shape index (κ1) is 19.9. The van der Waals surface area contributed by atoms with Crippen molar-refractivity contribution in [2.75, 3.05) is 26.4 Å². The summed E-state index contributed by atoms with van der Waals surface area (Å²) in [7, 11) is 0. The Morgan fingerprint density at radius 2 is 0.857 bits per heavy atom. The molecule has 21 heavy (non-hydrogen) atoms. The van der Waals surface area contributed by atoms with Crippen LogP contribution in [0.25, 0.3) is 0 Å². The van der Waals surface area contributed by atoms with Gasteiger partial charge in [-0.25, -0.2) is 0 Å². The van der Waals surface area contributed by atoms with Crippen LogP contribution in [0.3, 0.4) is 0 Å². The molecule has 0 aromatic heterocycles. The van der Waals surface area contributed by atoms with E-state index in [1.54, 1.807) is 0 Å². The van der Waals surface area contributed by atoms with Crippen molar-refractivity contribution in [2.45, 2.75) is 0 Å².